The Kier molecular flexibility index (Phi) is 7.01. The average Bonchev–Trinajstić information content (AvgIpc) is 2.41. The molecule has 106 valence electrons. The summed E-state index contributed by atoms with van der Waals surface area (Å²) in [6, 6.07) is 8.11. The Labute approximate surface area is 116 Å². The minimum atomic E-state index is 0.112. The smallest absolute Gasteiger partial charge is 0.220 e. The summed E-state index contributed by atoms with van der Waals surface area (Å²) in [6.07, 6.45) is 2.61. The molecule has 3 nitrogen and oxygen atoms in total. The topological polar surface area (TPSA) is 38.3 Å². The first-order chi connectivity index (χ1) is 9.13. The molecule has 3 heteroatoms. The predicted molar refractivity (Wildman–Crippen MR) is 78.6 cm³/mol. The van der Waals surface area contributed by atoms with E-state index in [9.17, 15) is 4.79 Å². The normalized spacial score (nSPS) is 10.5. The zero-order chi connectivity index (χ0) is 14.1. The van der Waals surface area contributed by atoms with Crippen LogP contribution in [0, 0.1) is 0 Å². The summed E-state index contributed by atoms with van der Waals surface area (Å²) in [4.78, 5) is 11.4. The molecule has 0 bridgehead atoms. The molecule has 0 aliphatic heterocycles. The van der Waals surface area contributed by atoms with E-state index in [1.807, 2.05) is 12.1 Å². The standard InChI is InChI=1S/C16H25NO2/c1-4-5-9-16(18)17-10-11-19-15-8-6-7-14(12-15)13(2)3/h6-8,12-13H,4-5,9-11H2,1-3H3,(H,17,18). The van der Waals surface area contributed by atoms with Crippen LogP contribution in [0.3, 0.4) is 0 Å². The van der Waals surface area contributed by atoms with E-state index in [-0.39, 0.29) is 5.91 Å². The van der Waals surface area contributed by atoms with E-state index in [1.165, 1.54) is 5.56 Å². The highest BCUT2D eigenvalue weighted by Crippen LogP contribution is 2.19. The van der Waals surface area contributed by atoms with Gasteiger partial charge in [-0.05, 0) is 30.0 Å². The van der Waals surface area contributed by atoms with Crippen molar-refractivity contribution in [2.45, 2.75) is 46.0 Å². The van der Waals surface area contributed by atoms with Crippen LogP contribution in [0.4, 0.5) is 0 Å². The number of rotatable bonds is 8. The van der Waals surface area contributed by atoms with Crippen LogP contribution >= 0.6 is 0 Å². The van der Waals surface area contributed by atoms with E-state index in [2.05, 4.69) is 38.2 Å². The molecular weight excluding hydrogens is 238 g/mol. The Morgan fingerprint density at radius 3 is 2.84 bits per heavy atom. The van der Waals surface area contributed by atoms with Crippen molar-refractivity contribution in [2.75, 3.05) is 13.2 Å². The van der Waals surface area contributed by atoms with Crippen LogP contribution in [-0.2, 0) is 4.79 Å². The zero-order valence-corrected chi connectivity index (χ0v) is 12.2. The third-order valence-corrected chi connectivity index (χ3v) is 2.98. The van der Waals surface area contributed by atoms with Gasteiger partial charge in [-0.1, -0.05) is 39.3 Å². The maximum atomic E-state index is 11.4. The Bertz CT molecular complexity index is 388. The fourth-order valence-corrected chi connectivity index (χ4v) is 1.75. The maximum Gasteiger partial charge on any atom is 0.220 e. The van der Waals surface area contributed by atoms with Gasteiger partial charge in [0, 0.05) is 6.42 Å². The van der Waals surface area contributed by atoms with E-state index in [0.717, 1.165) is 18.6 Å². The van der Waals surface area contributed by atoms with Gasteiger partial charge >= 0.3 is 0 Å². The van der Waals surface area contributed by atoms with Gasteiger partial charge in [-0.15, -0.1) is 0 Å². The van der Waals surface area contributed by atoms with Crippen LogP contribution < -0.4 is 10.1 Å². The lowest BCUT2D eigenvalue weighted by atomic mass is 10.0. The monoisotopic (exact) mass is 263 g/mol. The highest BCUT2D eigenvalue weighted by atomic mass is 16.5. The average molecular weight is 263 g/mol. The molecule has 0 unspecified atom stereocenters. The number of benzene rings is 1. The Balaban J connectivity index is 2.26. The molecule has 0 saturated carbocycles. The third-order valence-electron chi connectivity index (χ3n) is 2.98. The summed E-state index contributed by atoms with van der Waals surface area (Å²) in [5, 5.41) is 2.86. The van der Waals surface area contributed by atoms with Crippen molar-refractivity contribution in [3.63, 3.8) is 0 Å². The molecule has 19 heavy (non-hydrogen) atoms. The van der Waals surface area contributed by atoms with Crippen LogP contribution in [0.15, 0.2) is 24.3 Å². The Morgan fingerprint density at radius 1 is 1.37 bits per heavy atom. The van der Waals surface area contributed by atoms with Gasteiger partial charge in [0.1, 0.15) is 12.4 Å². The first-order valence-electron chi connectivity index (χ1n) is 7.13. The second kappa shape index (κ2) is 8.57. The summed E-state index contributed by atoms with van der Waals surface area (Å²) in [5.41, 5.74) is 1.27. The number of amides is 1. The van der Waals surface area contributed by atoms with E-state index < -0.39 is 0 Å². The molecule has 0 saturated heterocycles. The quantitative estimate of drug-likeness (QED) is 0.729. The van der Waals surface area contributed by atoms with Gasteiger partial charge in [0.15, 0.2) is 0 Å². The van der Waals surface area contributed by atoms with Gasteiger partial charge in [0.2, 0.25) is 5.91 Å². The van der Waals surface area contributed by atoms with Gasteiger partial charge in [0.25, 0.3) is 0 Å². The number of hydrogen-bond donors (Lipinski definition) is 1. The van der Waals surface area contributed by atoms with Crippen molar-refractivity contribution < 1.29 is 9.53 Å². The zero-order valence-electron chi connectivity index (χ0n) is 12.2. The number of nitrogens with one attached hydrogen (secondary N) is 1. The largest absolute Gasteiger partial charge is 0.492 e. The van der Waals surface area contributed by atoms with E-state index in [4.69, 9.17) is 4.74 Å². The molecular formula is C16H25NO2. The molecule has 0 aliphatic carbocycles. The van der Waals surface area contributed by atoms with E-state index in [1.54, 1.807) is 0 Å². The van der Waals surface area contributed by atoms with Crippen molar-refractivity contribution >= 4 is 5.91 Å². The first-order valence-corrected chi connectivity index (χ1v) is 7.13. The van der Waals surface area contributed by atoms with Gasteiger partial charge in [-0.2, -0.15) is 0 Å². The molecule has 1 N–H and O–H groups in total. The lowest BCUT2D eigenvalue weighted by Crippen LogP contribution is -2.27. The summed E-state index contributed by atoms with van der Waals surface area (Å²) in [6.45, 7) is 7.48. The van der Waals surface area contributed by atoms with Gasteiger partial charge in [-0.25, -0.2) is 0 Å². The van der Waals surface area contributed by atoms with Crippen LogP contribution in [0.1, 0.15) is 51.5 Å². The van der Waals surface area contributed by atoms with Gasteiger partial charge < -0.3 is 10.1 Å². The molecule has 0 atom stereocenters. The molecule has 0 aromatic heterocycles. The van der Waals surface area contributed by atoms with Gasteiger partial charge in [0.05, 0.1) is 6.54 Å². The van der Waals surface area contributed by atoms with E-state index in [0.29, 0.717) is 25.5 Å². The van der Waals surface area contributed by atoms with Crippen LogP contribution in [-0.4, -0.2) is 19.1 Å². The number of hydrogen-bond acceptors (Lipinski definition) is 2. The lowest BCUT2D eigenvalue weighted by Gasteiger charge is -2.10. The van der Waals surface area contributed by atoms with Gasteiger partial charge in [-0.3, -0.25) is 4.79 Å². The lowest BCUT2D eigenvalue weighted by molar-refractivity contribution is -0.121. The highest BCUT2D eigenvalue weighted by Gasteiger charge is 2.02. The summed E-state index contributed by atoms with van der Waals surface area (Å²) >= 11 is 0. The van der Waals surface area contributed by atoms with Crippen molar-refractivity contribution in [2.24, 2.45) is 0 Å². The predicted octanol–water partition coefficient (Wildman–Crippen LogP) is 3.50. The van der Waals surface area contributed by atoms with Crippen molar-refractivity contribution in [3.8, 4) is 5.75 Å². The number of ether oxygens (including phenoxy) is 1. The van der Waals surface area contributed by atoms with Crippen molar-refractivity contribution in [3.05, 3.63) is 29.8 Å². The number of carbonyl (C=O) groups excluding carboxylic acids is 1. The fourth-order valence-electron chi connectivity index (χ4n) is 1.75. The second-order valence-corrected chi connectivity index (χ2v) is 5.03. The minimum absolute atomic E-state index is 0.112. The number of unbranched alkanes of at least 4 members (excludes halogenated alkanes) is 1. The fraction of sp³-hybridized carbons (Fsp3) is 0.562. The van der Waals surface area contributed by atoms with Crippen LogP contribution in [0.5, 0.6) is 5.75 Å². The number of carbonyl (C=O) groups is 1. The van der Waals surface area contributed by atoms with Crippen molar-refractivity contribution in [1.82, 2.24) is 5.32 Å². The molecule has 0 aliphatic rings. The molecule has 1 rings (SSSR count). The molecule has 1 aromatic carbocycles. The molecule has 1 aromatic rings. The second-order valence-electron chi connectivity index (χ2n) is 5.03. The third kappa shape index (κ3) is 6.27. The first kappa shape index (κ1) is 15.5. The molecule has 0 spiro atoms. The summed E-state index contributed by atoms with van der Waals surface area (Å²) < 4.78 is 5.64. The summed E-state index contributed by atoms with van der Waals surface area (Å²) in [5.74, 6) is 1.48. The van der Waals surface area contributed by atoms with Crippen LogP contribution in [0.25, 0.3) is 0 Å². The van der Waals surface area contributed by atoms with Crippen molar-refractivity contribution in [1.29, 1.82) is 0 Å². The Morgan fingerprint density at radius 2 is 2.16 bits per heavy atom. The summed E-state index contributed by atoms with van der Waals surface area (Å²) in [7, 11) is 0. The Hall–Kier alpha value is -1.51. The highest BCUT2D eigenvalue weighted by molar-refractivity contribution is 5.75. The van der Waals surface area contributed by atoms with Crippen LogP contribution in [0.2, 0.25) is 0 Å². The molecule has 0 radical (unpaired) electrons. The molecule has 1 amide bonds. The maximum absolute atomic E-state index is 11.4. The SMILES string of the molecule is CCCCC(=O)NCCOc1cccc(C(C)C)c1. The molecule has 0 fully saturated rings. The molecule has 0 heterocycles. The minimum Gasteiger partial charge on any atom is -0.492 e. The van der Waals surface area contributed by atoms with E-state index >= 15 is 0 Å².